The lowest BCUT2D eigenvalue weighted by molar-refractivity contribution is -0.385. The van der Waals surface area contributed by atoms with Crippen LogP contribution in [-0.4, -0.2) is 25.1 Å². The minimum atomic E-state index is -0.569. The highest BCUT2D eigenvalue weighted by molar-refractivity contribution is 5.66. The molecular formula is C13H19NO6. The summed E-state index contributed by atoms with van der Waals surface area (Å²) in [7, 11) is 2.80. The Morgan fingerprint density at radius 1 is 1.20 bits per heavy atom. The molecule has 0 N–H and O–H groups in total. The van der Waals surface area contributed by atoms with Gasteiger partial charge in [0, 0.05) is 6.92 Å². The normalized spacial score (nSPS) is 9.05. The Hall–Kier alpha value is -2.31. The van der Waals surface area contributed by atoms with Crippen LogP contribution in [0.5, 0.6) is 11.5 Å². The Bertz CT molecular complexity index is 472. The monoisotopic (exact) mass is 285 g/mol. The molecule has 0 aliphatic heterocycles. The number of carbonyl (C=O) groups excluding carboxylic acids is 1. The second kappa shape index (κ2) is 8.73. The first kappa shape index (κ1) is 17.7. The summed E-state index contributed by atoms with van der Waals surface area (Å²) in [6, 6.07) is 2.65. The maximum atomic E-state index is 10.9. The molecule has 7 heteroatoms. The van der Waals surface area contributed by atoms with Crippen LogP contribution in [0, 0.1) is 10.1 Å². The van der Waals surface area contributed by atoms with Gasteiger partial charge in [0.1, 0.15) is 6.61 Å². The number of ether oxygens (including phenoxy) is 3. The maximum Gasteiger partial charge on any atom is 0.302 e. The number of carbonyl (C=O) groups is 1. The van der Waals surface area contributed by atoms with E-state index >= 15 is 0 Å². The summed E-state index contributed by atoms with van der Waals surface area (Å²) in [5, 5.41) is 10.9. The van der Waals surface area contributed by atoms with Crippen molar-refractivity contribution in [3.05, 3.63) is 27.8 Å². The predicted octanol–water partition coefficient (Wildman–Crippen LogP) is 2.70. The summed E-state index contributed by atoms with van der Waals surface area (Å²) < 4.78 is 14.8. The summed E-state index contributed by atoms with van der Waals surface area (Å²) in [5.74, 6) is 0.0695. The Labute approximate surface area is 117 Å². The van der Waals surface area contributed by atoms with Crippen molar-refractivity contribution in [3.8, 4) is 11.5 Å². The van der Waals surface area contributed by atoms with Gasteiger partial charge in [0.05, 0.1) is 30.8 Å². The number of esters is 1. The fraction of sp³-hybridized carbons (Fsp3) is 0.462. The lowest BCUT2D eigenvalue weighted by atomic mass is 10.1. The van der Waals surface area contributed by atoms with Crippen LogP contribution in [0.15, 0.2) is 12.1 Å². The van der Waals surface area contributed by atoms with Crippen LogP contribution in [0.4, 0.5) is 5.69 Å². The number of nitro benzene ring substituents is 1. The van der Waals surface area contributed by atoms with E-state index in [-0.39, 0.29) is 23.6 Å². The molecule has 0 aromatic heterocycles. The standard InChI is InChI=1S/C11H13NO6.C2H6/c1-7(13)18-6-8-4-10(16-2)11(17-3)5-9(8)12(14)15;1-2/h4-5H,6H2,1-3H3;1-2H3. The van der Waals surface area contributed by atoms with E-state index in [0.717, 1.165) is 0 Å². The molecule has 1 aromatic rings. The average Bonchev–Trinajstić information content (AvgIpc) is 2.45. The van der Waals surface area contributed by atoms with Crippen LogP contribution in [0.2, 0.25) is 0 Å². The minimum Gasteiger partial charge on any atom is -0.493 e. The third kappa shape index (κ3) is 4.75. The molecule has 7 nitrogen and oxygen atoms in total. The molecule has 0 bridgehead atoms. The van der Waals surface area contributed by atoms with E-state index in [4.69, 9.17) is 14.2 Å². The van der Waals surface area contributed by atoms with Crippen LogP contribution >= 0.6 is 0 Å². The van der Waals surface area contributed by atoms with Crippen LogP contribution < -0.4 is 9.47 Å². The van der Waals surface area contributed by atoms with Gasteiger partial charge < -0.3 is 14.2 Å². The van der Waals surface area contributed by atoms with Crippen molar-refractivity contribution in [2.45, 2.75) is 27.4 Å². The lowest BCUT2D eigenvalue weighted by Gasteiger charge is -2.10. The van der Waals surface area contributed by atoms with Crippen molar-refractivity contribution in [3.63, 3.8) is 0 Å². The number of rotatable bonds is 5. The molecule has 0 aliphatic rings. The van der Waals surface area contributed by atoms with Gasteiger partial charge in [0.25, 0.3) is 5.69 Å². The first-order valence-electron chi connectivity index (χ1n) is 6.02. The number of benzene rings is 1. The van der Waals surface area contributed by atoms with E-state index in [1.165, 1.54) is 33.3 Å². The molecule has 112 valence electrons. The molecule has 0 saturated carbocycles. The Morgan fingerprint density at radius 3 is 2.10 bits per heavy atom. The number of hydrogen-bond acceptors (Lipinski definition) is 6. The highest BCUT2D eigenvalue weighted by Gasteiger charge is 2.20. The number of nitrogens with zero attached hydrogens (tertiary/aromatic N) is 1. The SMILES string of the molecule is CC.COc1cc(COC(C)=O)c([N+](=O)[O-])cc1OC. The number of methoxy groups -OCH3 is 2. The lowest BCUT2D eigenvalue weighted by Crippen LogP contribution is -2.03. The zero-order valence-electron chi connectivity index (χ0n) is 12.3. The zero-order valence-corrected chi connectivity index (χ0v) is 12.3. The van der Waals surface area contributed by atoms with E-state index in [9.17, 15) is 14.9 Å². The second-order valence-corrected chi connectivity index (χ2v) is 3.37. The number of nitro groups is 1. The molecule has 1 rings (SSSR count). The third-order valence-corrected chi connectivity index (χ3v) is 2.21. The van der Waals surface area contributed by atoms with Crippen molar-refractivity contribution in [1.82, 2.24) is 0 Å². The molecule has 0 aliphatic carbocycles. The van der Waals surface area contributed by atoms with E-state index < -0.39 is 10.9 Å². The molecule has 0 heterocycles. The summed E-state index contributed by atoms with van der Waals surface area (Å²) in [6.45, 7) is 5.04. The zero-order chi connectivity index (χ0) is 15.7. The highest BCUT2D eigenvalue weighted by Crippen LogP contribution is 2.34. The van der Waals surface area contributed by atoms with Crippen molar-refractivity contribution in [2.75, 3.05) is 14.2 Å². The molecule has 0 unspecified atom stereocenters. The van der Waals surface area contributed by atoms with E-state index in [1.54, 1.807) is 0 Å². The molecular weight excluding hydrogens is 266 g/mol. The molecule has 20 heavy (non-hydrogen) atoms. The quantitative estimate of drug-likeness (QED) is 0.469. The molecule has 0 saturated heterocycles. The van der Waals surface area contributed by atoms with Gasteiger partial charge in [-0.25, -0.2) is 0 Å². The smallest absolute Gasteiger partial charge is 0.302 e. The van der Waals surface area contributed by atoms with Crippen molar-refractivity contribution < 1.29 is 23.9 Å². The van der Waals surface area contributed by atoms with Gasteiger partial charge in [-0.1, -0.05) is 13.8 Å². The van der Waals surface area contributed by atoms with Gasteiger partial charge in [-0.05, 0) is 6.07 Å². The largest absolute Gasteiger partial charge is 0.493 e. The Morgan fingerprint density at radius 2 is 1.70 bits per heavy atom. The van der Waals surface area contributed by atoms with Crippen molar-refractivity contribution >= 4 is 11.7 Å². The van der Waals surface area contributed by atoms with Gasteiger partial charge in [0.15, 0.2) is 11.5 Å². The first-order chi connectivity index (χ1) is 9.49. The van der Waals surface area contributed by atoms with Gasteiger partial charge >= 0.3 is 5.97 Å². The molecule has 0 fully saturated rings. The average molecular weight is 285 g/mol. The van der Waals surface area contributed by atoms with Crippen LogP contribution in [0.25, 0.3) is 0 Å². The molecule has 1 aromatic carbocycles. The van der Waals surface area contributed by atoms with Gasteiger partial charge in [-0.3, -0.25) is 14.9 Å². The molecule has 0 radical (unpaired) electrons. The fourth-order valence-electron chi connectivity index (χ4n) is 1.38. The van der Waals surface area contributed by atoms with Gasteiger partial charge in [-0.15, -0.1) is 0 Å². The van der Waals surface area contributed by atoms with E-state index in [1.807, 2.05) is 13.8 Å². The summed E-state index contributed by atoms with van der Waals surface area (Å²) >= 11 is 0. The Balaban J connectivity index is 0.00000172. The predicted molar refractivity (Wildman–Crippen MR) is 73.0 cm³/mol. The summed E-state index contributed by atoms with van der Waals surface area (Å²) in [5.41, 5.74) is 0.0572. The highest BCUT2D eigenvalue weighted by atomic mass is 16.6. The third-order valence-electron chi connectivity index (χ3n) is 2.21. The first-order valence-corrected chi connectivity index (χ1v) is 6.02. The topological polar surface area (TPSA) is 87.9 Å². The summed E-state index contributed by atoms with van der Waals surface area (Å²) in [4.78, 5) is 21.1. The second-order valence-electron chi connectivity index (χ2n) is 3.37. The van der Waals surface area contributed by atoms with Gasteiger partial charge in [-0.2, -0.15) is 0 Å². The van der Waals surface area contributed by atoms with Crippen LogP contribution in [-0.2, 0) is 16.1 Å². The van der Waals surface area contributed by atoms with Crippen molar-refractivity contribution in [1.29, 1.82) is 0 Å². The molecule has 0 spiro atoms. The van der Waals surface area contributed by atoms with Crippen molar-refractivity contribution in [2.24, 2.45) is 0 Å². The maximum absolute atomic E-state index is 10.9. The van der Waals surface area contributed by atoms with E-state index in [2.05, 4.69) is 0 Å². The number of hydrogen-bond donors (Lipinski definition) is 0. The molecule has 0 atom stereocenters. The Kier molecular flexibility index (Phi) is 7.72. The summed E-state index contributed by atoms with van der Waals surface area (Å²) in [6.07, 6.45) is 0. The fourth-order valence-corrected chi connectivity index (χ4v) is 1.38. The van der Waals surface area contributed by atoms with Gasteiger partial charge in [0.2, 0.25) is 0 Å². The van der Waals surface area contributed by atoms with E-state index in [0.29, 0.717) is 5.75 Å². The minimum absolute atomic E-state index is 0.186. The van der Waals surface area contributed by atoms with Crippen LogP contribution in [0.1, 0.15) is 26.3 Å². The van der Waals surface area contributed by atoms with Crippen LogP contribution in [0.3, 0.4) is 0 Å². The molecule has 0 amide bonds.